The Labute approximate surface area is 94.8 Å². The molecular formula is C12H15NO3. The van der Waals surface area contributed by atoms with Crippen LogP contribution in [-0.4, -0.2) is 30.9 Å². The SMILES string of the molecule is CC(=O)Oc1cccc(CC(=O)N(C)C)c1. The highest BCUT2D eigenvalue weighted by Crippen LogP contribution is 2.14. The van der Waals surface area contributed by atoms with Crippen molar-refractivity contribution in [1.29, 1.82) is 0 Å². The summed E-state index contributed by atoms with van der Waals surface area (Å²) in [6.07, 6.45) is 0.308. The number of ether oxygens (including phenoxy) is 1. The number of carbonyl (C=O) groups excluding carboxylic acids is 2. The van der Waals surface area contributed by atoms with Crippen LogP contribution in [0.3, 0.4) is 0 Å². The standard InChI is InChI=1S/C12H15NO3/c1-9(14)16-11-6-4-5-10(7-11)8-12(15)13(2)3/h4-7H,8H2,1-3H3. The maximum atomic E-state index is 11.5. The second-order valence-electron chi connectivity index (χ2n) is 3.71. The Kier molecular flexibility index (Phi) is 4.05. The van der Waals surface area contributed by atoms with E-state index in [0.717, 1.165) is 5.56 Å². The topological polar surface area (TPSA) is 46.6 Å². The molecule has 0 unspecified atom stereocenters. The van der Waals surface area contributed by atoms with Crippen LogP contribution in [0.4, 0.5) is 0 Å². The van der Waals surface area contributed by atoms with E-state index in [1.807, 2.05) is 6.07 Å². The molecule has 1 aromatic carbocycles. The van der Waals surface area contributed by atoms with Crippen LogP contribution < -0.4 is 4.74 Å². The third-order valence-corrected chi connectivity index (χ3v) is 2.01. The summed E-state index contributed by atoms with van der Waals surface area (Å²) in [6.45, 7) is 1.34. The lowest BCUT2D eigenvalue weighted by atomic mass is 10.1. The molecule has 1 rings (SSSR count). The summed E-state index contributed by atoms with van der Waals surface area (Å²) >= 11 is 0. The van der Waals surface area contributed by atoms with Gasteiger partial charge in [-0.1, -0.05) is 12.1 Å². The van der Waals surface area contributed by atoms with Gasteiger partial charge >= 0.3 is 5.97 Å². The number of esters is 1. The molecule has 4 heteroatoms. The summed E-state index contributed by atoms with van der Waals surface area (Å²) in [6, 6.07) is 6.97. The zero-order chi connectivity index (χ0) is 12.1. The molecule has 0 heterocycles. The summed E-state index contributed by atoms with van der Waals surface area (Å²) in [5.74, 6) is 0.118. The summed E-state index contributed by atoms with van der Waals surface area (Å²) in [4.78, 5) is 23.7. The molecule has 16 heavy (non-hydrogen) atoms. The summed E-state index contributed by atoms with van der Waals surface area (Å²) < 4.78 is 4.93. The summed E-state index contributed by atoms with van der Waals surface area (Å²) in [7, 11) is 3.41. The Morgan fingerprint density at radius 3 is 2.56 bits per heavy atom. The Hall–Kier alpha value is -1.84. The van der Waals surface area contributed by atoms with E-state index in [1.165, 1.54) is 11.8 Å². The van der Waals surface area contributed by atoms with Crippen molar-refractivity contribution in [3.63, 3.8) is 0 Å². The zero-order valence-electron chi connectivity index (χ0n) is 9.69. The van der Waals surface area contributed by atoms with Gasteiger partial charge in [0.15, 0.2) is 0 Å². The Morgan fingerprint density at radius 1 is 1.31 bits per heavy atom. The van der Waals surface area contributed by atoms with Gasteiger partial charge in [0.2, 0.25) is 5.91 Å². The Morgan fingerprint density at radius 2 is 2.00 bits per heavy atom. The van der Waals surface area contributed by atoms with Crippen molar-refractivity contribution in [3.05, 3.63) is 29.8 Å². The monoisotopic (exact) mass is 221 g/mol. The van der Waals surface area contributed by atoms with Crippen LogP contribution >= 0.6 is 0 Å². The number of hydrogen-bond donors (Lipinski definition) is 0. The van der Waals surface area contributed by atoms with E-state index >= 15 is 0 Å². The molecule has 1 amide bonds. The van der Waals surface area contributed by atoms with Gasteiger partial charge < -0.3 is 9.64 Å². The van der Waals surface area contributed by atoms with E-state index < -0.39 is 0 Å². The second-order valence-corrected chi connectivity index (χ2v) is 3.71. The molecule has 0 radical (unpaired) electrons. The van der Waals surface area contributed by atoms with Crippen LogP contribution in [0.2, 0.25) is 0 Å². The minimum absolute atomic E-state index is 0.0139. The molecular weight excluding hydrogens is 206 g/mol. The van der Waals surface area contributed by atoms with Crippen LogP contribution in [0, 0.1) is 0 Å². The predicted molar refractivity (Wildman–Crippen MR) is 60.1 cm³/mol. The fourth-order valence-corrected chi connectivity index (χ4v) is 1.22. The van der Waals surface area contributed by atoms with Gasteiger partial charge in [-0.2, -0.15) is 0 Å². The van der Waals surface area contributed by atoms with Crippen molar-refractivity contribution in [1.82, 2.24) is 4.90 Å². The number of amides is 1. The van der Waals surface area contributed by atoms with Crippen molar-refractivity contribution in [2.24, 2.45) is 0 Å². The number of carbonyl (C=O) groups is 2. The first-order valence-electron chi connectivity index (χ1n) is 4.96. The molecule has 0 N–H and O–H groups in total. The van der Waals surface area contributed by atoms with E-state index in [0.29, 0.717) is 12.2 Å². The fraction of sp³-hybridized carbons (Fsp3) is 0.333. The number of nitrogens with zero attached hydrogens (tertiary/aromatic N) is 1. The maximum Gasteiger partial charge on any atom is 0.308 e. The van der Waals surface area contributed by atoms with Crippen molar-refractivity contribution in [2.45, 2.75) is 13.3 Å². The molecule has 0 aromatic heterocycles. The molecule has 86 valence electrons. The number of benzene rings is 1. The number of hydrogen-bond acceptors (Lipinski definition) is 3. The minimum atomic E-state index is -0.365. The average molecular weight is 221 g/mol. The predicted octanol–water partition coefficient (Wildman–Crippen LogP) is 1.24. The first-order chi connectivity index (χ1) is 7.49. The van der Waals surface area contributed by atoms with E-state index in [2.05, 4.69) is 0 Å². The molecule has 0 spiro atoms. The molecule has 0 aliphatic heterocycles. The van der Waals surface area contributed by atoms with Crippen LogP contribution in [-0.2, 0) is 16.0 Å². The van der Waals surface area contributed by atoms with E-state index in [9.17, 15) is 9.59 Å². The van der Waals surface area contributed by atoms with Crippen molar-refractivity contribution in [3.8, 4) is 5.75 Å². The van der Waals surface area contributed by atoms with Gasteiger partial charge in [0, 0.05) is 21.0 Å². The van der Waals surface area contributed by atoms with Crippen molar-refractivity contribution >= 4 is 11.9 Å². The van der Waals surface area contributed by atoms with Gasteiger partial charge in [0.1, 0.15) is 5.75 Å². The third kappa shape index (κ3) is 3.73. The molecule has 0 saturated carbocycles. The van der Waals surface area contributed by atoms with Crippen LogP contribution in [0.1, 0.15) is 12.5 Å². The lowest BCUT2D eigenvalue weighted by Crippen LogP contribution is -2.23. The molecule has 0 fully saturated rings. The highest BCUT2D eigenvalue weighted by atomic mass is 16.5. The second kappa shape index (κ2) is 5.30. The lowest BCUT2D eigenvalue weighted by Gasteiger charge is -2.10. The maximum absolute atomic E-state index is 11.5. The smallest absolute Gasteiger partial charge is 0.308 e. The van der Waals surface area contributed by atoms with Gasteiger partial charge in [0.25, 0.3) is 0 Å². The number of rotatable bonds is 3. The molecule has 1 aromatic rings. The van der Waals surface area contributed by atoms with Crippen LogP contribution in [0.25, 0.3) is 0 Å². The zero-order valence-corrected chi connectivity index (χ0v) is 9.69. The average Bonchev–Trinajstić information content (AvgIpc) is 2.16. The molecule has 4 nitrogen and oxygen atoms in total. The third-order valence-electron chi connectivity index (χ3n) is 2.01. The largest absolute Gasteiger partial charge is 0.427 e. The van der Waals surface area contributed by atoms with Gasteiger partial charge in [-0.05, 0) is 17.7 Å². The molecule has 0 bridgehead atoms. The quantitative estimate of drug-likeness (QED) is 0.570. The first-order valence-corrected chi connectivity index (χ1v) is 4.96. The molecule has 0 aliphatic rings. The molecule has 0 atom stereocenters. The van der Waals surface area contributed by atoms with Gasteiger partial charge in [-0.25, -0.2) is 0 Å². The van der Waals surface area contributed by atoms with Crippen LogP contribution in [0.5, 0.6) is 5.75 Å². The highest BCUT2D eigenvalue weighted by Gasteiger charge is 2.06. The Bertz CT molecular complexity index is 399. The first kappa shape index (κ1) is 12.2. The van der Waals surface area contributed by atoms with E-state index in [4.69, 9.17) is 4.74 Å². The van der Waals surface area contributed by atoms with Crippen LogP contribution in [0.15, 0.2) is 24.3 Å². The van der Waals surface area contributed by atoms with E-state index in [-0.39, 0.29) is 11.9 Å². The Balaban J connectivity index is 2.74. The van der Waals surface area contributed by atoms with Gasteiger partial charge in [-0.15, -0.1) is 0 Å². The normalized spacial score (nSPS) is 9.69. The highest BCUT2D eigenvalue weighted by molar-refractivity contribution is 5.78. The lowest BCUT2D eigenvalue weighted by molar-refractivity contribution is -0.132. The van der Waals surface area contributed by atoms with Gasteiger partial charge in [-0.3, -0.25) is 9.59 Å². The fourth-order valence-electron chi connectivity index (χ4n) is 1.22. The van der Waals surface area contributed by atoms with Gasteiger partial charge in [0.05, 0.1) is 6.42 Å². The molecule has 0 aliphatic carbocycles. The van der Waals surface area contributed by atoms with Crippen molar-refractivity contribution in [2.75, 3.05) is 14.1 Å². The molecule has 0 saturated heterocycles. The number of likely N-dealkylation sites (N-methyl/N-ethyl adjacent to an activating group) is 1. The van der Waals surface area contributed by atoms with Crippen molar-refractivity contribution < 1.29 is 14.3 Å². The summed E-state index contributed by atoms with van der Waals surface area (Å²) in [5, 5.41) is 0. The van der Waals surface area contributed by atoms with E-state index in [1.54, 1.807) is 32.3 Å². The summed E-state index contributed by atoms with van der Waals surface area (Å²) in [5.41, 5.74) is 0.831. The minimum Gasteiger partial charge on any atom is -0.427 e.